The van der Waals surface area contributed by atoms with E-state index in [0.29, 0.717) is 43.1 Å². The van der Waals surface area contributed by atoms with Crippen molar-refractivity contribution in [2.75, 3.05) is 26.2 Å². The molecule has 166 valence electrons. The van der Waals surface area contributed by atoms with Crippen molar-refractivity contribution in [2.45, 2.75) is 46.5 Å². The Bertz CT molecular complexity index is 975. The van der Waals surface area contributed by atoms with Gasteiger partial charge in [0.2, 0.25) is 5.91 Å². The molecule has 31 heavy (non-hydrogen) atoms. The van der Waals surface area contributed by atoms with Crippen molar-refractivity contribution in [1.29, 1.82) is 0 Å². The van der Waals surface area contributed by atoms with Crippen molar-refractivity contribution in [3.63, 3.8) is 0 Å². The van der Waals surface area contributed by atoms with E-state index >= 15 is 0 Å². The number of para-hydroxylation sites is 1. The lowest BCUT2D eigenvalue weighted by atomic mass is 9.92. The number of hydrogen-bond acceptors (Lipinski definition) is 2. The average Bonchev–Trinajstić information content (AvgIpc) is 3.07. The number of benzene rings is 1. The molecule has 0 saturated carbocycles. The van der Waals surface area contributed by atoms with Crippen molar-refractivity contribution in [3.8, 4) is 5.69 Å². The number of rotatable bonds is 3. The zero-order valence-corrected chi connectivity index (χ0v) is 18.7. The number of amides is 2. The second-order valence-corrected chi connectivity index (χ2v) is 9.17. The third-order valence-electron chi connectivity index (χ3n) is 6.85. The lowest BCUT2D eigenvalue weighted by molar-refractivity contribution is -0.138. The van der Waals surface area contributed by atoms with Crippen LogP contribution in [0.25, 0.3) is 5.69 Å². The SMILES string of the molecule is Cc1cc(C(=O)N2CCC(C(=O)N3CCCC(C)C3)CC2)c(C)n1-c1ccccc1F. The summed E-state index contributed by atoms with van der Waals surface area (Å²) in [7, 11) is 0. The summed E-state index contributed by atoms with van der Waals surface area (Å²) in [6.07, 6.45) is 3.70. The molecule has 2 saturated heterocycles. The molecule has 2 fully saturated rings. The van der Waals surface area contributed by atoms with E-state index in [-0.39, 0.29) is 23.5 Å². The van der Waals surface area contributed by atoms with Crippen LogP contribution in [-0.2, 0) is 4.79 Å². The van der Waals surface area contributed by atoms with Gasteiger partial charge in [0.15, 0.2) is 0 Å². The number of carbonyl (C=O) groups excluding carboxylic acids is 2. The van der Waals surface area contributed by atoms with Crippen molar-refractivity contribution in [1.82, 2.24) is 14.4 Å². The van der Waals surface area contributed by atoms with E-state index in [0.717, 1.165) is 30.9 Å². The monoisotopic (exact) mass is 425 g/mol. The molecule has 2 aromatic rings. The molecule has 0 bridgehead atoms. The van der Waals surface area contributed by atoms with E-state index < -0.39 is 0 Å². The van der Waals surface area contributed by atoms with Gasteiger partial charge in [-0.2, -0.15) is 0 Å². The Kier molecular flexibility index (Phi) is 6.17. The summed E-state index contributed by atoms with van der Waals surface area (Å²) in [5.74, 6) is 0.503. The maximum absolute atomic E-state index is 14.3. The molecular weight excluding hydrogens is 393 g/mol. The Hall–Kier alpha value is -2.63. The van der Waals surface area contributed by atoms with Crippen LogP contribution >= 0.6 is 0 Å². The van der Waals surface area contributed by atoms with Gasteiger partial charge >= 0.3 is 0 Å². The molecule has 1 unspecified atom stereocenters. The Morgan fingerprint density at radius 2 is 1.71 bits per heavy atom. The molecule has 1 atom stereocenters. The molecule has 0 aliphatic carbocycles. The first-order valence-electron chi connectivity index (χ1n) is 11.4. The summed E-state index contributed by atoms with van der Waals surface area (Å²) in [6, 6.07) is 8.46. The van der Waals surface area contributed by atoms with Gasteiger partial charge in [-0.25, -0.2) is 4.39 Å². The molecule has 1 aromatic carbocycles. The minimum atomic E-state index is -0.311. The Morgan fingerprint density at radius 3 is 2.39 bits per heavy atom. The zero-order chi connectivity index (χ0) is 22.1. The summed E-state index contributed by atoms with van der Waals surface area (Å²) < 4.78 is 16.1. The molecular formula is C25H32FN3O2. The number of nitrogens with zero attached hydrogens (tertiary/aromatic N) is 3. The highest BCUT2D eigenvalue weighted by molar-refractivity contribution is 5.96. The molecule has 4 rings (SSSR count). The second kappa shape index (κ2) is 8.85. The molecule has 3 heterocycles. The predicted octanol–water partition coefficient (Wildman–Crippen LogP) is 4.34. The first-order valence-corrected chi connectivity index (χ1v) is 11.4. The lowest BCUT2D eigenvalue weighted by Gasteiger charge is -2.37. The highest BCUT2D eigenvalue weighted by Crippen LogP contribution is 2.27. The van der Waals surface area contributed by atoms with Gasteiger partial charge in [-0.3, -0.25) is 9.59 Å². The highest BCUT2D eigenvalue weighted by Gasteiger charge is 2.33. The van der Waals surface area contributed by atoms with Crippen molar-refractivity contribution < 1.29 is 14.0 Å². The Morgan fingerprint density at radius 1 is 1.00 bits per heavy atom. The molecule has 2 aliphatic rings. The van der Waals surface area contributed by atoms with Gasteiger partial charge in [-0.1, -0.05) is 19.1 Å². The van der Waals surface area contributed by atoms with Crippen molar-refractivity contribution in [2.24, 2.45) is 11.8 Å². The van der Waals surface area contributed by atoms with Gasteiger partial charge < -0.3 is 14.4 Å². The van der Waals surface area contributed by atoms with Crippen molar-refractivity contribution >= 4 is 11.8 Å². The summed E-state index contributed by atoms with van der Waals surface area (Å²) in [5.41, 5.74) is 2.63. The first kappa shape index (κ1) is 21.6. The van der Waals surface area contributed by atoms with Crippen LogP contribution in [-0.4, -0.2) is 52.4 Å². The fourth-order valence-corrected chi connectivity index (χ4v) is 5.13. The van der Waals surface area contributed by atoms with Crippen LogP contribution in [0.3, 0.4) is 0 Å². The molecule has 2 aliphatic heterocycles. The molecule has 2 amide bonds. The Labute approximate surface area is 183 Å². The topological polar surface area (TPSA) is 45.6 Å². The summed E-state index contributed by atoms with van der Waals surface area (Å²) in [4.78, 5) is 30.0. The maximum atomic E-state index is 14.3. The molecule has 5 nitrogen and oxygen atoms in total. The van der Waals surface area contributed by atoms with Crippen LogP contribution in [0.15, 0.2) is 30.3 Å². The standard InChI is InChI=1S/C25H32FN3O2/c1-17-7-6-12-28(16-17)24(30)20-10-13-27(14-11-20)25(31)21-15-18(2)29(19(21)3)23-9-5-4-8-22(23)26/h4-5,8-9,15,17,20H,6-7,10-14,16H2,1-3H3. The molecule has 0 N–H and O–H groups in total. The van der Waals surface area contributed by atoms with Gasteiger partial charge in [0.25, 0.3) is 5.91 Å². The molecule has 6 heteroatoms. The van der Waals surface area contributed by atoms with E-state index in [1.54, 1.807) is 22.8 Å². The fourth-order valence-electron chi connectivity index (χ4n) is 5.13. The predicted molar refractivity (Wildman–Crippen MR) is 119 cm³/mol. The van der Waals surface area contributed by atoms with Crippen LogP contribution < -0.4 is 0 Å². The van der Waals surface area contributed by atoms with Gasteiger partial charge in [0.05, 0.1) is 11.3 Å². The van der Waals surface area contributed by atoms with Crippen LogP contribution in [0.2, 0.25) is 0 Å². The summed E-state index contributed by atoms with van der Waals surface area (Å²) >= 11 is 0. The normalized spacial score (nSPS) is 20.2. The van der Waals surface area contributed by atoms with Crippen LogP contribution in [0.1, 0.15) is 54.4 Å². The van der Waals surface area contributed by atoms with Gasteiger partial charge in [-0.05, 0) is 63.6 Å². The number of halogens is 1. The summed E-state index contributed by atoms with van der Waals surface area (Å²) in [6.45, 7) is 8.86. The maximum Gasteiger partial charge on any atom is 0.255 e. The van der Waals surface area contributed by atoms with E-state index in [1.807, 2.05) is 29.7 Å². The van der Waals surface area contributed by atoms with Gasteiger partial charge in [0, 0.05) is 43.5 Å². The van der Waals surface area contributed by atoms with Gasteiger partial charge in [-0.15, -0.1) is 0 Å². The molecule has 0 radical (unpaired) electrons. The van der Waals surface area contributed by atoms with E-state index in [4.69, 9.17) is 0 Å². The first-order chi connectivity index (χ1) is 14.9. The van der Waals surface area contributed by atoms with E-state index in [1.165, 1.54) is 12.5 Å². The highest BCUT2D eigenvalue weighted by atomic mass is 19.1. The number of hydrogen-bond donors (Lipinski definition) is 0. The minimum absolute atomic E-state index is 0.0141. The Balaban J connectivity index is 1.44. The average molecular weight is 426 g/mol. The van der Waals surface area contributed by atoms with Crippen LogP contribution in [0.5, 0.6) is 0 Å². The number of carbonyl (C=O) groups is 2. The smallest absolute Gasteiger partial charge is 0.255 e. The third-order valence-corrected chi connectivity index (χ3v) is 6.85. The van der Waals surface area contributed by atoms with E-state index in [9.17, 15) is 14.0 Å². The largest absolute Gasteiger partial charge is 0.342 e. The number of aryl methyl sites for hydroxylation is 1. The van der Waals surface area contributed by atoms with Gasteiger partial charge in [0.1, 0.15) is 5.82 Å². The molecule has 1 aromatic heterocycles. The fraction of sp³-hybridized carbons (Fsp3) is 0.520. The number of piperidine rings is 2. The van der Waals surface area contributed by atoms with E-state index in [2.05, 4.69) is 6.92 Å². The summed E-state index contributed by atoms with van der Waals surface area (Å²) in [5, 5.41) is 0. The minimum Gasteiger partial charge on any atom is -0.342 e. The van der Waals surface area contributed by atoms with Crippen molar-refractivity contribution in [3.05, 3.63) is 53.1 Å². The van der Waals surface area contributed by atoms with Crippen LogP contribution in [0.4, 0.5) is 4.39 Å². The quantitative estimate of drug-likeness (QED) is 0.734. The number of likely N-dealkylation sites (tertiary alicyclic amines) is 2. The lowest BCUT2D eigenvalue weighted by Crippen LogP contribution is -2.47. The number of aromatic nitrogens is 1. The second-order valence-electron chi connectivity index (χ2n) is 9.17. The van der Waals surface area contributed by atoms with Crippen LogP contribution in [0, 0.1) is 31.5 Å². The zero-order valence-electron chi connectivity index (χ0n) is 18.7. The molecule has 0 spiro atoms. The third kappa shape index (κ3) is 4.25.